The van der Waals surface area contributed by atoms with E-state index in [1.807, 2.05) is 6.92 Å². The van der Waals surface area contributed by atoms with Crippen molar-refractivity contribution in [2.75, 3.05) is 0 Å². The minimum atomic E-state index is -0.627. The summed E-state index contributed by atoms with van der Waals surface area (Å²) in [6.07, 6.45) is 0. The fourth-order valence-electron chi connectivity index (χ4n) is 2.32. The Kier molecular flexibility index (Phi) is 4.66. The zero-order valence-corrected chi connectivity index (χ0v) is 13.9. The number of hydrogen-bond acceptors (Lipinski definition) is 1. The van der Waals surface area contributed by atoms with E-state index in [0.717, 1.165) is 5.69 Å². The summed E-state index contributed by atoms with van der Waals surface area (Å²) in [5, 5.41) is -0.266. The molecule has 1 heterocycles. The van der Waals surface area contributed by atoms with Crippen molar-refractivity contribution >= 4 is 40.6 Å². The molecular formula is C15H13Cl3FNO. The largest absolute Gasteiger partial charge is 0.315 e. The molecule has 1 aromatic carbocycles. The Hall–Kier alpha value is -1.03. The fraction of sp³-hybridized carbons (Fsp3) is 0.267. The number of alkyl halides is 1. The van der Waals surface area contributed by atoms with E-state index < -0.39 is 11.2 Å². The molecule has 21 heavy (non-hydrogen) atoms. The SMILES string of the molecule is Cc1cc(C(=O)C(C)Cl)c(C)n1-c1c(Cl)cc(F)cc1Cl. The van der Waals surface area contributed by atoms with E-state index in [1.165, 1.54) is 12.1 Å². The number of Topliss-reactive ketones (excluding diaryl/α,β-unsaturated/α-hetero) is 1. The second-order valence-electron chi connectivity index (χ2n) is 4.82. The Morgan fingerprint density at radius 1 is 1.19 bits per heavy atom. The molecule has 0 saturated heterocycles. The second kappa shape index (κ2) is 5.99. The van der Waals surface area contributed by atoms with Crippen molar-refractivity contribution in [3.63, 3.8) is 0 Å². The Morgan fingerprint density at radius 2 is 1.71 bits per heavy atom. The maximum absolute atomic E-state index is 13.3. The molecule has 0 bridgehead atoms. The monoisotopic (exact) mass is 347 g/mol. The molecule has 0 N–H and O–H groups in total. The molecule has 2 nitrogen and oxygen atoms in total. The molecule has 0 spiro atoms. The Bertz CT molecular complexity index is 699. The number of rotatable bonds is 3. The average Bonchev–Trinajstić information content (AvgIpc) is 2.64. The third-order valence-corrected chi connectivity index (χ3v) is 4.04. The van der Waals surface area contributed by atoms with Gasteiger partial charge in [0.1, 0.15) is 5.82 Å². The number of aromatic nitrogens is 1. The number of carbonyl (C=O) groups excluding carboxylic acids is 1. The van der Waals surface area contributed by atoms with Crippen LogP contribution in [0.15, 0.2) is 18.2 Å². The van der Waals surface area contributed by atoms with Crippen LogP contribution >= 0.6 is 34.8 Å². The molecule has 2 rings (SSSR count). The van der Waals surface area contributed by atoms with Crippen LogP contribution in [0.4, 0.5) is 4.39 Å². The molecule has 0 aliphatic rings. The molecule has 0 fully saturated rings. The van der Waals surface area contributed by atoms with Gasteiger partial charge in [-0.15, -0.1) is 11.6 Å². The molecule has 0 aliphatic carbocycles. The molecule has 0 radical (unpaired) electrons. The van der Waals surface area contributed by atoms with Gasteiger partial charge in [-0.05, 0) is 39.0 Å². The summed E-state index contributed by atoms with van der Waals surface area (Å²) < 4.78 is 15.0. The Balaban J connectivity index is 2.70. The van der Waals surface area contributed by atoms with Crippen molar-refractivity contribution in [2.24, 2.45) is 0 Å². The summed E-state index contributed by atoms with van der Waals surface area (Å²) >= 11 is 18.1. The minimum Gasteiger partial charge on any atom is -0.315 e. The zero-order chi connectivity index (χ0) is 15.9. The van der Waals surface area contributed by atoms with Gasteiger partial charge in [-0.1, -0.05) is 23.2 Å². The topological polar surface area (TPSA) is 22.0 Å². The minimum absolute atomic E-state index is 0.176. The summed E-state index contributed by atoms with van der Waals surface area (Å²) in [5.74, 6) is -0.688. The van der Waals surface area contributed by atoms with Gasteiger partial charge in [-0.25, -0.2) is 4.39 Å². The van der Waals surface area contributed by atoms with Crippen molar-refractivity contribution in [3.8, 4) is 5.69 Å². The molecule has 0 saturated carbocycles. The molecule has 2 aromatic rings. The van der Waals surface area contributed by atoms with E-state index in [0.29, 0.717) is 16.9 Å². The van der Waals surface area contributed by atoms with E-state index in [-0.39, 0.29) is 15.8 Å². The maximum Gasteiger partial charge on any atom is 0.182 e. The highest BCUT2D eigenvalue weighted by atomic mass is 35.5. The summed E-state index contributed by atoms with van der Waals surface area (Å²) in [6, 6.07) is 4.10. The second-order valence-corrected chi connectivity index (χ2v) is 6.29. The van der Waals surface area contributed by atoms with Crippen LogP contribution in [0.2, 0.25) is 10.0 Å². The van der Waals surface area contributed by atoms with Crippen LogP contribution < -0.4 is 0 Å². The molecule has 1 unspecified atom stereocenters. The van der Waals surface area contributed by atoms with Crippen LogP contribution in [-0.4, -0.2) is 15.7 Å². The molecule has 0 aliphatic heterocycles. The fourth-order valence-corrected chi connectivity index (χ4v) is 3.07. The van der Waals surface area contributed by atoms with Crippen LogP contribution in [0.3, 0.4) is 0 Å². The molecular weight excluding hydrogens is 336 g/mol. The average molecular weight is 349 g/mol. The van der Waals surface area contributed by atoms with Gasteiger partial charge in [0.15, 0.2) is 5.78 Å². The van der Waals surface area contributed by atoms with Crippen molar-refractivity contribution in [1.82, 2.24) is 4.57 Å². The number of ketones is 1. The van der Waals surface area contributed by atoms with Gasteiger partial charge in [0.05, 0.1) is 21.1 Å². The Labute approximate surface area is 137 Å². The van der Waals surface area contributed by atoms with E-state index in [4.69, 9.17) is 34.8 Å². The standard InChI is InChI=1S/C15H13Cl3FNO/c1-7-4-11(15(21)8(2)16)9(3)20(7)14-12(17)5-10(19)6-13(14)18/h4-6,8H,1-3H3. The first-order chi connectivity index (χ1) is 9.73. The van der Waals surface area contributed by atoms with Gasteiger partial charge in [0.2, 0.25) is 0 Å². The number of carbonyl (C=O) groups is 1. The predicted molar refractivity (Wildman–Crippen MR) is 84.9 cm³/mol. The quantitative estimate of drug-likeness (QED) is 0.541. The van der Waals surface area contributed by atoms with Crippen LogP contribution in [0.5, 0.6) is 0 Å². The van der Waals surface area contributed by atoms with E-state index >= 15 is 0 Å². The lowest BCUT2D eigenvalue weighted by Gasteiger charge is -2.14. The molecule has 1 atom stereocenters. The first kappa shape index (κ1) is 16.3. The van der Waals surface area contributed by atoms with Gasteiger partial charge < -0.3 is 4.57 Å². The third-order valence-electron chi connectivity index (χ3n) is 3.26. The van der Waals surface area contributed by atoms with Crippen LogP contribution in [0.1, 0.15) is 28.7 Å². The van der Waals surface area contributed by atoms with Crippen LogP contribution in [-0.2, 0) is 0 Å². The number of halogens is 4. The van der Waals surface area contributed by atoms with E-state index in [1.54, 1.807) is 24.5 Å². The first-order valence-electron chi connectivity index (χ1n) is 6.26. The van der Waals surface area contributed by atoms with Crippen molar-refractivity contribution in [1.29, 1.82) is 0 Å². The van der Waals surface area contributed by atoms with E-state index in [9.17, 15) is 9.18 Å². The number of hydrogen-bond donors (Lipinski definition) is 0. The van der Waals surface area contributed by atoms with Gasteiger partial charge in [-0.3, -0.25) is 4.79 Å². The maximum atomic E-state index is 13.3. The highest BCUT2D eigenvalue weighted by Gasteiger charge is 2.22. The van der Waals surface area contributed by atoms with Crippen molar-refractivity contribution < 1.29 is 9.18 Å². The number of nitrogens with zero attached hydrogens (tertiary/aromatic N) is 1. The predicted octanol–water partition coefficient (Wildman–Crippen LogP) is 5.35. The molecule has 112 valence electrons. The summed E-state index contributed by atoms with van der Waals surface area (Å²) in [4.78, 5) is 12.1. The summed E-state index contributed by atoms with van der Waals surface area (Å²) in [7, 11) is 0. The summed E-state index contributed by atoms with van der Waals surface area (Å²) in [5.41, 5.74) is 2.39. The highest BCUT2D eigenvalue weighted by molar-refractivity contribution is 6.38. The summed E-state index contributed by atoms with van der Waals surface area (Å²) in [6.45, 7) is 5.21. The third kappa shape index (κ3) is 2.96. The van der Waals surface area contributed by atoms with Gasteiger partial charge in [0, 0.05) is 17.0 Å². The van der Waals surface area contributed by atoms with Gasteiger partial charge in [0.25, 0.3) is 0 Å². The lowest BCUT2D eigenvalue weighted by atomic mass is 10.1. The van der Waals surface area contributed by atoms with E-state index in [2.05, 4.69) is 0 Å². The van der Waals surface area contributed by atoms with Gasteiger partial charge in [-0.2, -0.15) is 0 Å². The highest BCUT2D eigenvalue weighted by Crippen LogP contribution is 2.33. The lowest BCUT2D eigenvalue weighted by molar-refractivity contribution is 0.0991. The first-order valence-corrected chi connectivity index (χ1v) is 7.45. The number of benzene rings is 1. The Morgan fingerprint density at radius 3 is 2.19 bits per heavy atom. The molecule has 6 heteroatoms. The van der Waals surface area contributed by atoms with Crippen LogP contribution in [0, 0.1) is 19.7 Å². The van der Waals surface area contributed by atoms with Crippen molar-refractivity contribution in [2.45, 2.75) is 26.1 Å². The lowest BCUT2D eigenvalue weighted by Crippen LogP contribution is -2.12. The van der Waals surface area contributed by atoms with Crippen molar-refractivity contribution in [3.05, 3.63) is 51.0 Å². The molecule has 1 aromatic heterocycles. The number of aryl methyl sites for hydroxylation is 1. The van der Waals surface area contributed by atoms with Gasteiger partial charge >= 0.3 is 0 Å². The zero-order valence-electron chi connectivity index (χ0n) is 11.7. The molecule has 0 amide bonds. The van der Waals surface area contributed by atoms with Crippen LogP contribution in [0.25, 0.3) is 5.69 Å². The normalized spacial score (nSPS) is 12.5. The smallest absolute Gasteiger partial charge is 0.182 e.